The van der Waals surface area contributed by atoms with Gasteiger partial charge in [0.05, 0.1) is 13.2 Å². The van der Waals surface area contributed by atoms with E-state index < -0.39 is 17.9 Å². The lowest BCUT2D eigenvalue weighted by atomic mass is 9.91. The summed E-state index contributed by atoms with van der Waals surface area (Å²) in [5, 5.41) is 12.9. The molecule has 198 valence electrons. The number of piperidine rings is 1. The van der Waals surface area contributed by atoms with Crippen LogP contribution >= 0.6 is 12.6 Å². The number of hydrogen-bond acceptors (Lipinski definition) is 6. The van der Waals surface area contributed by atoms with Crippen LogP contribution in [0.15, 0.2) is 42.6 Å². The number of carbonyl (C=O) groups is 2. The third-order valence-corrected chi connectivity index (χ3v) is 7.47. The highest BCUT2D eigenvalue weighted by atomic mass is 32.1. The molecule has 3 atom stereocenters. The summed E-state index contributed by atoms with van der Waals surface area (Å²) in [5.74, 6) is -0.645. The van der Waals surface area contributed by atoms with Crippen LogP contribution in [-0.2, 0) is 16.1 Å². The maximum atomic E-state index is 12.6. The van der Waals surface area contributed by atoms with E-state index in [-0.39, 0.29) is 17.9 Å². The second kappa shape index (κ2) is 12.0. The number of H-pyrrole nitrogens is 1. The summed E-state index contributed by atoms with van der Waals surface area (Å²) < 4.78 is 11.8. The predicted octanol–water partition coefficient (Wildman–Crippen LogP) is 4.34. The number of methoxy groups -OCH3 is 1. The van der Waals surface area contributed by atoms with Gasteiger partial charge in [0.25, 0.3) is 5.91 Å². The second-order valence-corrected chi connectivity index (χ2v) is 9.76. The van der Waals surface area contributed by atoms with E-state index in [2.05, 4.69) is 46.9 Å². The van der Waals surface area contributed by atoms with Crippen LogP contribution < -0.4 is 10.1 Å². The molecule has 1 saturated heterocycles. The predicted molar refractivity (Wildman–Crippen MR) is 147 cm³/mol. The number of rotatable bonds is 10. The SMILES string of the molecule is CCO[C@H]1CCN(Cc2c(OC)cc(C)c3[nH]ccc23)[C@H](c2ccc(C(=O)N[C@@H](CS)C(=O)O)cc2)C1. The van der Waals surface area contributed by atoms with Crippen LogP contribution in [0.2, 0.25) is 0 Å². The summed E-state index contributed by atoms with van der Waals surface area (Å²) in [6.45, 7) is 6.34. The van der Waals surface area contributed by atoms with E-state index in [0.717, 1.165) is 52.7 Å². The number of hydrogen-bond donors (Lipinski definition) is 4. The molecule has 1 aliphatic heterocycles. The van der Waals surface area contributed by atoms with Gasteiger partial charge < -0.3 is 24.9 Å². The van der Waals surface area contributed by atoms with E-state index in [4.69, 9.17) is 9.47 Å². The summed E-state index contributed by atoms with van der Waals surface area (Å²) in [6.07, 6.45) is 3.90. The van der Waals surface area contributed by atoms with Gasteiger partial charge in [0.2, 0.25) is 0 Å². The van der Waals surface area contributed by atoms with Crippen LogP contribution in [0.5, 0.6) is 5.75 Å². The van der Waals surface area contributed by atoms with Gasteiger partial charge in [-0.3, -0.25) is 9.69 Å². The average Bonchev–Trinajstić information content (AvgIpc) is 3.40. The molecular formula is C28H35N3O5S. The fourth-order valence-electron chi connectivity index (χ4n) is 5.17. The molecule has 0 aliphatic carbocycles. The third-order valence-electron chi connectivity index (χ3n) is 7.10. The standard InChI is InChI=1S/C28H35N3O5S/c1-4-36-20-10-12-31(15-22-21-9-11-29-26(21)17(2)13-25(22)35-3)24(14-20)18-5-7-19(8-6-18)27(32)30-23(16-37)28(33)34/h5-9,11,13,20,23-24,29,37H,4,10,12,14-16H2,1-3H3,(H,30,32)(H,33,34)/t20-,23-,24-/m0/s1. The molecule has 1 aromatic heterocycles. The molecule has 3 aromatic rings. The Morgan fingerprint density at radius 2 is 2.03 bits per heavy atom. The van der Waals surface area contributed by atoms with Crippen LogP contribution in [0.1, 0.15) is 52.9 Å². The molecule has 4 rings (SSSR count). The molecule has 8 nitrogen and oxygen atoms in total. The number of nitrogens with zero attached hydrogens (tertiary/aromatic N) is 1. The first-order chi connectivity index (χ1) is 17.9. The van der Waals surface area contributed by atoms with Crippen LogP contribution in [0.25, 0.3) is 10.9 Å². The van der Waals surface area contributed by atoms with E-state index in [0.29, 0.717) is 18.7 Å². The van der Waals surface area contributed by atoms with E-state index in [1.165, 1.54) is 0 Å². The minimum absolute atomic E-state index is 0.0197. The van der Waals surface area contributed by atoms with Gasteiger partial charge in [-0.2, -0.15) is 12.6 Å². The molecule has 0 unspecified atom stereocenters. The van der Waals surface area contributed by atoms with Gasteiger partial charge in [0.15, 0.2) is 0 Å². The highest BCUT2D eigenvalue weighted by Crippen LogP contribution is 2.38. The highest BCUT2D eigenvalue weighted by Gasteiger charge is 2.31. The maximum absolute atomic E-state index is 12.6. The first kappa shape index (κ1) is 27.0. The third kappa shape index (κ3) is 5.95. The fourth-order valence-corrected chi connectivity index (χ4v) is 5.42. The maximum Gasteiger partial charge on any atom is 0.327 e. The molecule has 9 heteroatoms. The smallest absolute Gasteiger partial charge is 0.327 e. The molecule has 2 heterocycles. The fraction of sp³-hybridized carbons (Fsp3) is 0.429. The van der Waals surface area contributed by atoms with Crippen molar-refractivity contribution in [3.8, 4) is 5.75 Å². The Morgan fingerprint density at radius 1 is 1.27 bits per heavy atom. The number of aromatic nitrogens is 1. The summed E-state index contributed by atoms with van der Waals surface area (Å²) in [4.78, 5) is 29.7. The van der Waals surface area contributed by atoms with E-state index in [9.17, 15) is 14.7 Å². The number of carboxylic acids is 1. The zero-order valence-electron chi connectivity index (χ0n) is 21.5. The Morgan fingerprint density at radius 3 is 2.68 bits per heavy atom. The molecule has 0 radical (unpaired) electrons. The number of amides is 1. The molecule has 0 spiro atoms. The number of carboxylic acid groups (broad SMARTS) is 1. The Balaban J connectivity index is 1.61. The monoisotopic (exact) mass is 525 g/mol. The number of nitrogens with one attached hydrogen (secondary N) is 2. The molecular weight excluding hydrogens is 490 g/mol. The lowest BCUT2D eigenvalue weighted by Gasteiger charge is -2.40. The molecule has 1 aliphatic rings. The number of thiol groups is 1. The number of fused-ring (bicyclic) bond motifs is 1. The van der Waals surface area contributed by atoms with Crippen molar-refractivity contribution in [2.24, 2.45) is 0 Å². The number of aliphatic carboxylic acids is 1. The average molecular weight is 526 g/mol. The minimum atomic E-state index is -1.11. The molecule has 3 N–H and O–H groups in total. The van der Waals surface area contributed by atoms with Gasteiger partial charge in [0, 0.05) is 59.7 Å². The molecule has 0 saturated carbocycles. The lowest BCUT2D eigenvalue weighted by molar-refractivity contribution is -0.138. The summed E-state index contributed by atoms with van der Waals surface area (Å²) in [5.41, 5.74) is 4.90. The second-order valence-electron chi connectivity index (χ2n) is 9.40. The number of aryl methyl sites for hydroxylation is 1. The number of ether oxygens (including phenoxy) is 2. The summed E-state index contributed by atoms with van der Waals surface area (Å²) >= 11 is 4.02. The summed E-state index contributed by atoms with van der Waals surface area (Å²) in [7, 11) is 1.71. The molecule has 37 heavy (non-hydrogen) atoms. The number of likely N-dealkylation sites (tertiary alicyclic amines) is 1. The van der Waals surface area contributed by atoms with Crippen molar-refractivity contribution in [1.29, 1.82) is 0 Å². The van der Waals surface area contributed by atoms with Gasteiger partial charge in [-0.1, -0.05) is 12.1 Å². The van der Waals surface area contributed by atoms with Crippen molar-refractivity contribution in [1.82, 2.24) is 15.2 Å². The van der Waals surface area contributed by atoms with Crippen molar-refractivity contribution in [3.63, 3.8) is 0 Å². The van der Waals surface area contributed by atoms with E-state index in [1.807, 2.05) is 25.3 Å². The zero-order chi connectivity index (χ0) is 26.5. The van der Waals surface area contributed by atoms with Crippen molar-refractivity contribution < 1.29 is 24.2 Å². The Labute approximate surface area is 222 Å². The van der Waals surface area contributed by atoms with Crippen LogP contribution in [-0.4, -0.2) is 65.0 Å². The van der Waals surface area contributed by atoms with Gasteiger partial charge in [0.1, 0.15) is 11.8 Å². The van der Waals surface area contributed by atoms with Gasteiger partial charge in [-0.15, -0.1) is 0 Å². The Kier molecular flexibility index (Phi) is 8.79. The number of carbonyl (C=O) groups excluding carboxylic acids is 1. The first-order valence-electron chi connectivity index (χ1n) is 12.6. The zero-order valence-corrected chi connectivity index (χ0v) is 22.4. The van der Waals surface area contributed by atoms with Crippen molar-refractivity contribution in [2.75, 3.05) is 26.0 Å². The quantitative estimate of drug-likeness (QED) is 0.294. The Bertz CT molecular complexity index is 1240. The highest BCUT2D eigenvalue weighted by molar-refractivity contribution is 7.80. The van der Waals surface area contributed by atoms with Crippen LogP contribution in [0, 0.1) is 6.92 Å². The Hall–Kier alpha value is -3.01. The van der Waals surface area contributed by atoms with Gasteiger partial charge in [-0.05, 0) is 62.1 Å². The van der Waals surface area contributed by atoms with E-state index in [1.54, 1.807) is 19.2 Å². The van der Waals surface area contributed by atoms with Gasteiger partial charge in [-0.25, -0.2) is 4.79 Å². The van der Waals surface area contributed by atoms with E-state index >= 15 is 0 Å². The number of aromatic amines is 1. The lowest BCUT2D eigenvalue weighted by Crippen LogP contribution is -2.42. The van der Waals surface area contributed by atoms with Gasteiger partial charge >= 0.3 is 5.97 Å². The van der Waals surface area contributed by atoms with Crippen LogP contribution in [0.3, 0.4) is 0 Å². The molecule has 1 amide bonds. The van der Waals surface area contributed by atoms with Crippen molar-refractivity contribution >= 4 is 35.4 Å². The van der Waals surface area contributed by atoms with Crippen molar-refractivity contribution in [2.45, 2.75) is 51.4 Å². The normalized spacial score (nSPS) is 19.0. The molecule has 1 fully saturated rings. The minimum Gasteiger partial charge on any atom is -0.496 e. The number of benzene rings is 2. The van der Waals surface area contributed by atoms with Crippen molar-refractivity contribution in [3.05, 3.63) is 64.8 Å². The molecule has 2 aromatic carbocycles. The van der Waals surface area contributed by atoms with Crippen LogP contribution in [0.4, 0.5) is 0 Å². The first-order valence-corrected chi connectivity index (χ1v) is 13.2. The molecule has 0 bridgehead atoms. The topological polar surface area (TPSA) is 104 Å². The largest absolute Gasteiger partial charge is 0.496 e. The summed E-state index contributed by atoms with van der Waals surface area (Å²) in [6, 6.07) is 10.6.